The number of hydrogen-bond donors (Lipinski definition) is 2. The summed E-state index contributed by atoms with van der Waals surface area (Å²) in [6.07, 6.45) is 1.96. The van der Waals surface area contributed by atoms with Crippen molar-refractivity contribution in [1.29, 1.82) is 0 Å². The fourth-order valence-electron chi connectivity index (χ4n) is 2.05. The molecule has 22 heavy (non-hydrogen) atoms. The van der Waals surface area contributed by atoms with Gasteiger partial charge in [-0.15, -0.1) is 0 Å². The lowest BCUT2D eigenvalue weighted by molar-refractivity contribution is 0.303. The van der Waals surface area contributed by atoms with Crippen LogP contribution in [0.3, 0.4) is 0 Å². The van der Waals surface area contributed by atoms with Crippen molar-refractivity contribution in [3.05, 3.63) is 52.3 Å². The number of nitrogens with one attached hydrogen (secondary N) is 1. The second-order valence-corrected chi connectivity index (χ2v) is 6.43. The van der Waals surface area contributed by atoms with Gasteiger partial charge in [0.05, 0.1) is 0 Å². The average Bonchev–Trinajstić information content (AvgIpc) is 3.16. The Morgan fingerprint density at radius 3 is 2.73 bits per heavy atom. The molecule has 3 rings (SSSR count). The first-order valence-corrected chi connectivity index (χ1v) is 7.80. The van der Waals surface area contributed by atoms with Crippen LogP contribution >= 0.6 is 24.0 Å². The number of hydrogen-bond acceptors (Lipinski definition) is 6. The van der Waals surface area contributed by atoms with Gasteiger partial charge in [0.25, 0.3) is 0 Å². The smallest absolute Gasteiger partial charge is 0.138 e. The molecule has 0 amide bonds. The Morgan fingerprint density at radius 2 is 2.09 bits per heavy atom. The SMILES string of the molecule is [O-]N(CO)c1ccc(-c2ccc(/C=C3\CNC(=S)S3)o2)cc1. The highest BCUT2D eigenvalue weighted by atomic mass is 32.2. The van der Waals surface area contributed by atoms with E-state index in [-0.39, 0.29) is 0 Å². The van der Waals surface area contributed by atoms with Gasteiger partial charge in [0.2, 0.25) is 0 Å². The van der Waals surface area contributed by atoms with Gasteiger partial charge in [0, 0.05) is 22.7 Å². The lowest BCUT2D eigenvalue weighted by Gasteiger charge is -2.27. The summed E-state index contributed by atoms with van der Waals surface area (Å²) in [6, 6.07) is 10.6. The second kappa shape index (κ2) is 6.53. The van der Waals surface area contributed by atoms with Crippen molar-refractivity contribution in [2.45, 2.75) is 0 Å². The third-order valence-corrected chi connectivity index (χ3v) is 4.38. The Hall–Kier alpha value is -1.80. The van der Waals surface area contributed by atoms with Crippen LogP contribution in [0.1, 0.15) is 5.76 Å². The Kier molecular flexibility index (Phi) is 4.49. The van der Waals surface area contributed by atoms with Crippen LogP contribution in [0.2, 0.25) is 0 Å². The molecule has 2 aromatic rings. The molecule has 0 radical (unpaired) electrons. The Morgan fingerprint density at radius 1 is 1.32 bits per heavy atom. The van der Waals surface area contributed by atoms with E-state index >= 15 is 0 Å². The van der Waals surface area contributed by atoms with Crippen LogP contribution in [-0.4, -0.2) is 22.7 Å². The van der Waals surface area contributed by atoms with E-state index in [1.807, 2.05) is 18.2 Å². The number of hydroxylamine groups is 1. The van der Waals surface area contributed by atoms with Gasteiger partial charge in [-0.2, -0.15) is 0 Å². The summed E-state index contributed by atoms with van der Waals surface area (Å²) in [7, 11) is 0. The fourth-order valence-corrected chi connectivity index (χ4v) is 3.14. The van der Waals surface area contributed by atoms with Gasteiger partial charge in [-0.05, 0) is 42.5 Å². The van der Waals surface area contributed by atoms with Gasteiger partial charge in [-0.25, -0.2) is 0 Å². The minimum absolute atomic E-state index is 0.405. The van der Waals surface area contributed by atoms with E-state index in [2.05, 4.69) is 5.32 Å². The van der Waals surface area contributed by atoms with Crippen LogP contribution in [0.25, 0.3) is 17.4 Å². The van der Waals surface area contributed by atoms with E-state index in [1.54, 1.807) is 24.3 Å². The predicted octanol–water partition coefficient (Wildman–Crippen LogP) is 3.16. The van der Waals surface area contributed by atoms with Crippen molar-refractivity contribution in [3.8, 4) is 11.3 Å². The maximum atomic E-state index is 11.3. The molecule has 7 heteroatoms. The number of thiocarbonyl (C=S) groups is 1. The quantitative estimate of drug-likeness (QED) is 0.506. The number of anilines is 1. The molecule has 0 bridgehead atoms. The van der Waals surface area contributed by atoms with Gasteiger partial charge >= 0.3 is 0 Å². The van der Waals surface area contributed by atoms with Crippen molar-refractivity contribution in [3.63, 3.8) is 0 Å². The van der Waals surface area contributed by atoms with Crippen molar-refractivity contribution in [1.82, 2.24) is 5.32 Å². The summed E-state index contributed by atoms with van der Waals surface area (Å²) in [5, 5.41) is 23.7. The van der Waals surface area contributed by atoms with Crippen LogP contribution in [0, 0.1) is 5.21 Å². The molecule has 1 fully saturated rings. The van der Waals surface area contributed by atoms with Crippen molar-refractivity contribution < 1.29 is 9.52 Å². The first-order chi connectivity index (χ1) is 10.7. The fraction of sp³-hybridized carbons (Fsp3) is 0.133. The van der Waals surface area contributed by atoms with Gasteiger partial charge in [0.1, 0.15) is 22.6 Å². The van der Waals surface area contributed by atoms with Gasteiger partial charge in [-0.3, -0.25) is 0 Å². The lowest BCUT2D eigenvalue weighted by Crippen LogP contribution is -2.14. The molecule has 0 atom stereocenters. The third-order valence-electron chi connectivity index (χ3n) is 3.13. The van der Waals surface area contributed by atoms with Crippen molar-refractivity contribution in [2.24, 2.45) is 0 Å². The van der Waals surface area contributed by atoms with Gasteiger partial charge < -0.3 is 25.1 Å². The molecule has 2 N–H and O–H groups in total. The highest BCUT2D eigenvalue weighted by Gasteiger charge is 2.13. The Labute approximate surface area is 137 Å². The van der Waals surface area contributed by atoms with Crippen LogP contribution in [-0.2, 0) is 0 Å². The number of rotatable bonds is 4. The summed E-state index contributed by atoms with van der Waals surface area (Å²) < 4.78 is 6.57. The maximum absolute atomic E-state index is 11.3. The molecule has 2 heterocycles. The summed E-state index contributed by atoms with van der Waals surface area (Å²) in [6.45, 7) is 0.167. The number of thioether (sulfide) groups is 1. The zero-order chi connectivity index (χ0) is 15.5. The number of nitrogens with zero attached hydrogens (tertiary/aromatic N) is 1. The molecule has 1 aromatic heterocycles. The zero-order valence-electron chi connectivity index (χ0n) is 11.5. The first-order valence-electron chi connectivity index (χ1n) is 6.58. The normalized spacial score (nSPS) is 16.1. The van der Waals surface area contributed by atoms with Crippen LogP contribution < -0.4 is 10.4 Å². The van der Waals surface area contributed by atoms with Crippen LogP contribution in [0.5, 0.6) is 0 Å². The summed E-state index contributed by atoms with van der Waals surface area (Å²) >= 11 is 6.60. The lowest BCUT2D eigenvalue weighted by atomic mass is 10.1. The monoisotopic (exact) mass is 333 g/mol. The number of aliphatic hydroxyl groups excluding tert-OH is 1. The average molecular weight is 333 g/mol. The Balaban J connectivity index is 1.77. The number of furan rings is 1. The van der Waals surface area contributed by atoms with E-state index in [0.29, 0.717) is 10.8 Å². The summed E-state index contributed by atoms with van der Waals surface area (Å²) in [5.41, 5.74) is 1.27. The minimum atomic E-state index is -0.564. The van der Waals surface area contributed by atoms with E-state index in [0.717, 1.165) is 32.9 Å². The Bertz CT molecular complexity index is 710. The second-order valence-electron chi connectivity index (χ2n) is 4.62. The number of benzene rings is 1. The van der Waals surface area contributed by atoms with Crippen LogP contribution in [0.15, 0.2) is 45.7 Å². The molecule has 0 unspecified atom stereocenters. The van der Waals surface area contributed by atoms with E-state index in [1.165, 1.54) is 11.8 Å². The molecule has 1 aliphatic heterocycles. The molecular weight excluding hydrogens is 320 g/mol. The molecule has 114 valence electrons. The van der Waals surface area contributed by atoms with Gasteiger partial charge in [-0.1, -0.05) is 24.0 Å². The topological polar surface area (TPSA) is 71.7 Å². The molecule has 1 aliphatic rings. The molecule has 1 aromatic carbocycles. The maximum Gasteiger partial charge on any atom is 0.138 e. The molecule has 1 saturated heterocycles. The molecular formula is C15H13N2O3S2-. The van der Waals surface area contributed by atoms with E-state index in [9.17, 15) is 5.21 Å². The predicted molar refractivity (Wildman–Crippen MR) is 93.2 cm³/mol. The third kappa shape index (κ3) is 3.33. The van der Waals surface area contributed by atoms with Crippen molar-refractivity contribution in [2.75, 3.05) is 18.3 Å². The first kappa shape index (κ1) is 15.1. The van der Waals surface area contributed by atoms with E-state index in [4.69, 9.17) is 21.7 Å². The highest BCUT2D eigenvalue weighted by Crippen LogP contribution is 2.28. The largest absolute Gasteiger partial charge is 0.757 e. The minimum Gasteiger partial charge on any atom is -0.757 e. The van der Waals surface area contributed by atoms with E-state index < -0.39 is 6.73 Å². The molecule has 5 nitrogen and oxygen atoms in total. The van der Waals surface area contributed by atoms with Gasteiger partial charge in [0.15, 0.2) is 0 Å². The highest BCUT2D eigenvalue weighted by molar-refractivity contribution is 8.26. The molecule has 0 saturated carbocycles. The molecule has 0 aliphatic carbocycles. The van der Waals surface area contributed by atoms with Crippen LogP contribution in [0.4, 0.5) is 5.69 Å². The summed E-state index contributed by atoms with van der Waals surface area (Å²) in [4.78, 5) is 1.12. The summed E-state index contributed by atoms with van der Waals surface area (Å²) in [5.74, 6) is 1.48. The molecule has 0 spiro atoms. The zero-order valence-corrected chi connectivity index (χ0v) is 13.1. The standard InChI is InChI=1S/C15H13N2O3S2/c18-9-17(19)11-3-1-10(2-4-11)14-6-5-12(20-14)7-13-8-16-15(21)22-13/h1-7,18H,8-9H2,(H,16,21)/q-1/b13-7+. The number of aliphatic hydroxyl groups is 1. The van der Waals surface area contributed by atoms with Crippen molar-refractivity contribution >= 4 is 40.1 Å².